The van der Waals surface area contributed by atoms with E-state index in [2.05, 4.69) is 4.98 Å². The molecule has 2 atom stereocenters. The highest BCUT2D eigenvalue weighted by molar-refractivity contribution is 5.85. The van der Waals surface area contributed by atoms with Crippen LogP contribution in [0.5, 0.6) is 0 Å². The van der Waals surface area contributed by atoms with Crippen molar-refractivity contribution in [2.24, 2.45) is 11.8 Å². The molecule has 21 heavy (non-hydrogen) atoms. The minimum Gasteiger partial charge on any atom is -0.481 e. The van der Waals surface area contributed by atoms with Crippen molar-refractivity contribution in [1.82, 2.24) is 9.88 Å². The molecule has 1 saturated carbocycles. The van der Waals surface area contributed by atoms with E-state index in [9.17, 15) is 14.7 Å². The fraction of sp³-hybridized carbons (Fsp3) is 0.562. The number of aliphatic carboxylic acids is 1. The number of nitrogens with zero attached hydrogens (tertiary/aromatic N) is 2. The Kier molecular flexibility index (Phi) is 3.90. The van der Waals surface area contributed by atoms with Gasteiger partial charge in [0.2, 0.25) is 5.91 Å². The maximum Gasteiger partial charge on any atom is 0.307 e. The first-order valence-corrected chi connectivity index (χ1v) is 7.61. The van der Waals surface area contributed by atoms with E-state index in [1.54, 1.807) is 6.20 Å². The summed E-state index contributed by atoms with van der Waals surface area (Å²) >= 11 is 0. The molecule has 0 bridgehead atoms. The Morgan fingerprint density at radius 1 is 1.24 bits per heavy atom. The van der Waals surface area contributed by atoms with Crippen molar-refractivity contribution in [2.45, 2.75) is 38.6 Å². The zero-order valence-electron chi connectivity index (χ0n) is 12.0. The largest absolute Gasteiger partial charge is 0.481 e. The van der Waals surface area contributed by atoms with Gasteiger partial charge in [0.1, 0.15) is 0 Å². The molecule has 0 saturated heterocycles. The second-order valence-electron chi connectivity index (χ2n) is 5.95. The summed E-state index contributed by atoms with van der Waals surface area (Å²) in [6.07, 6.45) is 5.72. The van der Waals surface area contributed by atoms with Gasteiger partial charge in [-0.15, -0.1) is 0 Å². The predicted molar refractivity (Wildman–Crippen MR) is 76.4 cm³/mol. The van der Waals surface area contributed by atoms with E-state index in [0.717, 1.165) is 30.5 Å². The number of carboxylic acid groups (broad SMARTS) is 1. The number of rotatable bonds is 2. The van der Waals surface area contributed by atoms with Crippen molar-refractivity contribution in [2.75, 3.05) is 6.54 Å². The SMILES string of the molecule is O=C(O)C1CCCCC1C(=O)N1CCc2ncccc2C1. The zero-order chi connectivity index (χ0) is 14.8. The van der Waals surface area contributed by atoms with Crippen LogP contribution >= 0.6 is 0 Å². The molecular formula is C16H20N2O3. The molecule has 3 rings (SSSR count). The Morgan fingerprint density at radius 3 is 2.76 bits per heavy atom. The molecule has 1 aliphatic heterocycles. The summed E-state index contributed by atoms with van der Waals surface area (Å²) in [4.78, 5) is 30.2. The molecule has 1 aromatic rings. The smallest absolute Gasteiger partial charge is 0.307 e. The van der Waals surface area contributed by atoms with E-state index in [1.165, 1.54) is 0 Å². The van der Waals surface area contributed by atoms with Crippen LogP contribution in [0, 0.1) is 11.8 Å². The van der Waals surface area contributed by atoms with Crippen LogP contribution in [0.3, 0.4) is 0 Å². The quantitative estimate of drug-likeness (QED) is 0.901. The first-order valence-electron chi connectivity index (χ1n) is 7.61. The minimum atomic E-state index is -0.827. The third-order valence-electron chi connectivity index (χ3n) is 4.68. The Labute approximate surface area is 124 Å². The Bertz CT molecular complexity index is 558. The van der Waals surface area contributed by atoms with Gasteiger partial charge >= 0.3 is 5.97 Å². The first kappa shape index (κ1) is 14.0. The Hall–Kier alpha value is -1.91. The van der Waals surface area contributed by atoms with Gasteiger partial charge in [0.05, 0.1) is 11.8 Å². The Morgan fingerprint density at radius 2 is 2.00 bits per heavy atom. The summed E-state index contributed by atoms with van der Waals surface area (Å²) in [5.74, 6) is -1.68. The van der Waals surface area contributed by atoms with Crippen LogP contribution in [0.15, 0.2) is 18.3 Å². The van der Waals surface area contributed by atoms with Gasteiger partial charge in [-0.25, -0.2) is 0 Å². The standard InChI is InChI=1S/C16H20N2O3/c19-15(12-5-1-2-6-13(12)16(20)21)18-9-7-14-11(10-18)4-3-8-17-14/h3-4,8,12-13H,1-2,5-7,9-10H2,(H,20,21). The summed E-state index contributed by atoms with van der Waals surface area (Å²) in [6.45, 7) is 1.20. The second-order valence-corrected chi connectivity index (χ2v) is 5.95. The van der Waals surface area contributed by atoms with Gasteiger partial charge in [0.25, 0.3) is 0 Å². The summed E-state index contributed by atoms with van der Waals surface area (Å²) in [6, 6.07) is 3.88. The lowest BCUT2D eigenvalue weighted by Crippen LogP contribution is -2.44. The van der Waals surface area contributed by atoms with Crippen molar-refractivity contribution in [3.8, 4) is 0 Å². The van der Waals surface area contributed by atoms with Gasteiger partial charge in [-0.2, -0.15) is 0 Å². The number of carbonyl (C=O) groups excluding carboxylic acids is 1. The van der Waals surface area contributed by atoms with Gasteiger partial charge in [0, 0.05) is 31.4 Å². The highest BCUT2D eigenvalue weighted by atomic mass is 16.4. The van der Waals surface area contributed by atoms with E-state index in [-0.39, 0.29) is 11.8 Å². The molecule has 112 valence electrons. The molecule has 1 amide bonds. The molecule has 1 aliphatic carbocycles. The van der Waals surface area contributed by atoms with Gasteiger partial charge in [-0.05, 0) is 24.5 Å². The van der Waals surface area contributed by atoms with Crippen molar-refractivity contribution in [1.29, 1.82) is 0 Å². The monoisotopic (exact) mass is 288 g/mol. The second kappa shape index (κ2) is 5.84. The van der Waals surface area contributed by atoms with Crippen molar-refractivity contribution < 1.29 is 14.7 Å². The average Bonchev–Trinajstić information content (AvgIpc) is 2.53. The van der Waals surface area contributed by atoms with Crippen LogP contribution in [0.4, 0.5) is 0 Å². The molecule has 1 N–H and O–H groups in total. The van der Waals surface area contributed by atoms with Gasteiger partial charge < -0.3 is 10.0 Å². The van der Waals surface area contributed by atoms with E-state index < -0.39 is 11.9 Å². The molecule has 2 unspecified atom stereocenters. The molecule has 1 aromatic heterocycles. The van der Waals surface area contributed by atoms with Crippen LogP contribution in [0.25, 0.3) is 0 Å². The van der Waals surface area contributed by atoms with Gasteiger partial charge in [-0.3, -0.25) is 14.6 Å². The fourth-order valence-corrected chi connectivity index (χ4v) is 3.51. The average molecular weight is 288 g/mol. The number of aromatic nitrogens is 1. The molecule has 5 nitrogen and oxygen atoms in total. The highest BCUT2D eigenvalue weighted by Gasteiger charge is 2.38. The normalized spacial score (nSPS) is 25.2. The maximum atomic E-state index is 12.7. The number of pyridine rings is 1. The minimum absolute atomic E-state index is 0.0107. The molecule has 2 aliphatic rings. The molecule has 0 radical (unpaired) electrons. The highest BCUT2D eigenvalue weighted by Crippen LogP contribution is 2.32. The summed E-state index contributed by atoms with van der Waals surface area (Å²) < 4.78 is 0. The molecular weight excluding hydrogens is 268 g/mol. The van der Waals surface area contributed by atoms with Crippen LogP contribution in [0.2, 0.25) is 0 Å². The lowest BCUT2D eigenvalue weighted by molar-refractivity contribution is -0.152. The third kappa shape index (κ3) is 2.77. The van der Waals surface area contributed by atoms with Gasteiger partial charge in [0.15, 0.2) is 0 Å². The van der Waals surface area contributed by atoms with E-state index in [4.69, 9.17) is 0 Å². The van der Waals surface area contributed by atoms with Crippen LogP contribution in [-0.2, 0) is 22.6 Å². The number of carboxylic acids is 1. The number of amides is 1. The zero-order valence-corrected chi connectivity index (χ0v) is 12.0. The van der Waals surface area contributed by atoms with E-state index >= 15 is 0 Å². The topological polar surface area (TPSA) is 70.5 Å². The van der Waals surface area contributed by atoms with E-state index in [1.807, 2.05) is 17.0 Å². The molecule has 0 spiro atoms. The lowest BCUT2D eigenvalue weighted by Gasteiger charge is -2.35. The number of carbonyl (C=O) groups is 2. The fourth-order valence-electron chi connectivity index (χ4n) is 3.51. The number of hydrogen-bond acceptors (Lipinski definition) is 3. The van der Waals surface area contributed by atoms with Crippen molar-refractivity contribution >= 4 is 11.9 Å². The maximum absolute atomic E-state index is 12.7. The number of fused-ring (bicyclic) bond motifs is 1. The van der Waals surface area contributed by atoms with Crippen molar-refractivity contribution in [3.63, 3.8) is 0 Å². The molecule has 2 heterocycles. The predicted octanol–water partition coefficient (Wildman–Crippen LogP) is 1.86. The summed E-state index contributed by atoms with van der Waals surface area (Å²) in [7, 11) is 0. The van der Waals surface area contributed by atoms with Crippen LogP contribution < -0.4 is 0 Å². The first-order chi connectivity index (χ1) is 10.2. The number of hydrogen-bond donors (Lipinski definition) is 1. The summed E-state index contributed by atoms with van der Waals surface area (Å²) in [5, 5.41) is 9.33. The molecule has 5 heteroatoms. The van der Waals surface area contributed by atoms with Crippen LogP contribution in [-0.4, -0.2) is 33.4 Å². The Balaban J connectivity index is 1.75. The molecule has 1 fully saturated rings. The molecule has 0 aromatic carbocycles. The van der Waals surface area contributed by atoms with Crippen LogP contribution in [0.1, 0.15) is 36.9 Å². The van der Waals surface area contributed by atoms with E-state index in [0.29, 0.717) is 25.9 Å². The van der Waals surface area contributed by atoms with Crippen molar-refractivity contribution in [3.05, 3.63) is 29.6 Å². The van der Waals surface area contributed by atoms with Gasteiger partial charge in [-0.1, -0.05) is 18.9 Å². The third-order valence-corrected chi connectivity index (χ3v) is 4.68. The lowest BCUT2D eigenvalue weighted by atomic mass is 9.78. The summed E-state index contributed by atoms with van der Waals surface area (Å²) in [5.41, 5.74) is 2.14.